The molecule has 1 heterocycles. The number of para-hydroxylation sites is 2. The highest BCUT2D eigenvalue weighted by atomic mass is 32.1. The Kier molecular flexibility index (Phi) is 17.2. The number of pyridine rings is 1. The van der Waals surface area contributed by atoms with Crippen LogP contribution in [0.1, 0.15) is 54.9 Å². The summed E-state index contributed by atoms with van der Waals surface area (Å²) in [7, 11) is 0. The molecular formula is C55H30BF24NO2S. The second-order valence-electron chi connectivity index (χ2n) is 18.4. The molecule has 444 valence electrons. The van der Waals surface area contributed by atoms with Crippen molar-refractivity contribution in [1.82, 2.24) is 0 Å². The number of ether oxygens (including phenoxy) is 1. The lowest BCUT2D eigenvalue weighted by atomic mass is 9.12. The molecule has 3 nitrogen and oxygen atoms in total. The lowest BCUT2D eigenvalue weighted by Crippen LogP contribution is -2.75. The van der Waals surface area contributed by atoms with Gasteiger partial charge in [-0.05, 0) is 48.5 Å². The molecule has 0 radical (unpaired) electrons. The van der Waals surface area contributed by atoms with Gasteiger partial charge in [-0.3, -0.25) is 4.79 Å². The highest BCUT2D eigenvalue weighted by molar-refractivity contribution is 7.80. The van der Waals surface area contributed by atoms with Gasteiger partial charge in [0, 0.05) is 21.9 Å². The van der Waals surface area contributed by atoms with Crippen molar-refractivity contribution in [2.24, 2.45) is 0 Å². The fraction of sp³-hybridized carbons (Fsp3) is 0.164. The average Bonchev–Trinajstić information content (AvgIpc) is 1.21. The number of fused-ring (bicyclic) bond motifs is 1. The fourth-order valence-corrected chi connectivity index (χ4v) is 9.29. The van der Waals surface area contributed by atoms with E-state index in [-0.39, 0.29) is 12.3 Å². The summed E-state index contributed by atoms with van der Waals surface area (Å²) >= 11 is 4.46. The predicted octanol–water partition coefficient (Wildman–Crippen LogP) is 16.3. The Balaban J connectivity index is 0.000000309. The summed E-state index contributed by atoms with van der Waals surface area (Å²) in [6.07, 6.45) is -54.8. The molecule has 0 aliphatic carbocycles. The monoisotopic (exact) mass is 1240 g/mol. The SMILES string of the molecule is FC(F)(F)c1cc([B-](c2cc(C(F)(F)F)cc(C(F)(F)F)c2)(c2cc(C(F)(F)F)cc(C(F)(F)F)c2)c2cc(C(F)(F)F)cc(C(F)(F)F)c2)cc(C(F)(F)F)c1.O=C(C[n+]1c(Oc2ccccc2S)ccc2ccccc21)c1ccccc1. The van der Waals surface area contributed by atoms with Gasteiger partial charge in [-0.1, -0.05) is 103 Å². The standard InChI is InChI=1S/C32H12BF24.C23H17NO2S/c34-25(35,36)13-1-14(26(37,38)39)6-21(5-13)33(22-7-15(27(40,41)42)2-16(8-22)28(43,44)45,23-9-17(29(46,47)48)3-18(10-23)30(49,50)51)24-11-19(31(52,53)54)4-20(12-24)32(55,56)57;25-20(18-9-2-1-3-10-18)16-24-19-11-5-4-8-17(19)14-15-23(24)26-21-12-6-7-13-22(21)27/h1-12H;1-15H,16H2/q-1;/p+1. The number of halogens is 24. The summed E-state index contributed by atoms with van der Waals surface area (Å²) < 4.78 is 349. The molecule has 84 heavy (non-hydrogen) atoms. The summed E-state index contributed by atoms with van der Waals surface area (Å²) in [5.41, 5.74) is -28.6. The van der Waals surface area contributed by atoms with Crippen molar-refractivity contribution >= 4 is 57.3 Å². The van der Waals surface area contributed by atoms with Gasteiger partial charge in [-0.2, -0.15) is 132 Å². The molecule has 0 unspecified atom stereocenters. The molecule has 0 aliphatic rings. The molecule has 0 aliphatic heterocycles. The Bertz CT molecular complexity index is 3290. The van der Waals surface area contributed by atoms with E-state index in [4.69, 9.17) is 4.74 Å². The number of benzene rings is 7. The number of carbonyl (C=O) groups is 1. The highest BCUT2D eigenvalue weighted by Crippen LogP contribution is 2.42. The molecule has 1 aromatic heterocycles. The molecule has 0 amide bonds. The van der Waals surface area contributed by atoms with Gasteiger partial charge < -0.3 is 4.74 Å². The van der Waals surface area contributed by atoms with E-state index in [9.17, 15) is 110 Å². The van der Waals surface area contributed by atoms with Crippen LogP contribution in [0.15, 0.2) is 169 Å². The van der Waals surface area contributed by atoms with Crippen LogP contribution in [-0.4, -0.2) is 11.9 Å². The molecule has 0 atom stereocenters. The minimum Gasteiger partial charge on any atom is -0.404 e. The average molecular weight is 1240 g/mol. The van der Waals surface area contributed by atoms with Crippen LogP contribution in [0, 0.1) is 0 Å². The number of hydrogen-bond acceptors (Lipinski definition) is 3. The number of alkyl halides is 24. The van der Waals surface area contributed by atoms with Crippen LogP contribution in [0.2, 0.25) is 0 Å². The molecule has 7 aromatic carbocycles. The van der Waals surface area contributed by atoms with Gasteiger partial charge in [-0.15, -0.1) is 12.6 Å². The van der Waals surface area contributed by atoms with Crippen molar-refractivity contribution in [2.75, 3.05) is 0 Å². The first kappa shape index (κ1) is 63.7. The molecular weight excluding hydrogens is 1210 g/mol. The topological polar surface area (TPSA) is 30.2 Å². The lowest BCUT2D eigenvalue weighted by Gasteiger charge is -2.46. The number of Topliss-reactive ketones (excluding diaryl/α,β-unsaturated/α-hetero) is 1. The molecule has 8 aromatic rings. The Morgan fingerprint density at radius 2 is 0.667 bits per heavy atom. The predicted molar refractivity (Wildman–Crippen MR) is 259 cm³/mol. The van der Waals surface area contributed by atoms with Crippen LogP contribution < -0.4 is 31.2 Å². The number of hydrogen-bond donors (Lipinski definition) is 1. The minimum atomic E-state index is -6.13. The summed E-state index contributed by atoms with van der Waals surface area (Å²) in [4.78, 5) is 13.6. The van der Waals surface area contributed by atoms with Crippen molar-refractivity contribution in [1.29, 1.82) is 0 Å². The van der Waals surface area contributed by atoms with Crippen molar-refractivity contribution in [3.05, 3.63) is 214 Å². The second-order valence-corrected chi connectivity index (χ2v) is 18.9. The first-order valence-electron chi connectivity index (χ1n) is 23.3. The quantitative estimate of drug-likeness (QED) is 0.0513. The van der Waals surface area contributed by atoms with Crippen molar-refractivity contribution in [2.45, 2.75) is 60.9 Å². The Hall–Kier alpha value is -7.85. The summed E-state index contributed by atoms with van der Waals surface area (Å²) in [5.74, 6) is 1.28. The lowest BCUT2D eigenvalue weighted by molar-refractivity contribution is -0.661. The molecule has 0 saturated heterocycles. The van der Waals surface area contributed by atoms with Crippen LogP contribution in [-0.2, 0) is 56.0 Å². The van der Waals surface area contributed by atoms with E-state index in [1.165, 1.54) is 0 Å². The first-order chi connectivity index (χ1) is 38.5. The molecule has 0 N–H and O–H groups in total. The first-order valence-corrected chi connectivity index (χ1v) is 23.7. The second kappa shape index (κ2) is 22.6. The number of aromatic nitrogens is 1. The normalized spacial score (nSPS) is 13.2. The number of thiol groups is 1. The molecule has 8 rings (SSSR count). The van der Waals surface area contributed by atoms with Gasteiger partial charge in [0.2, 0.25) is 17.8 Å². The van der Waals surface area contributed by atoms with E-state index in [2.05, 4.69) is 12.6 Å². The highest BCUT2D eigenvalue weighted by Gasteiger charge is 2.47. The van der Waals surface area contributed by atoms with E-state index in [1.807, 2.05) is 95.6 Å². The van der Waals surface area contributed by atoms with E-state index in [0.717, 1.165) is 15.8 Å². The van der Waals surface area contributed by atoms with Crippen LogP contribution in [0.4, 0.5) is 105 Å². The number of nitrogens with zero attached hydrogens (tertiary/aromatic N) is 1. The summed E-state index contributed by atoms with van der Waals surface area (Å²) in [6.45, 7) is 0.190. The van der Waals surface area contributed by atoms with Crippen LogP contribution in [0.3, 0.4) is 0 Å². The van der Waals surface area contributed by atoms with E-state index in [0.29, 0.717) is 17.2 Å². The Morgan fingerprint density at radius 1 is 0.369 bits per heavy atom. The van der Waals surface area contributed by atoms with Crippen LogP contribution in [0.25, 0.3) is 10.9 Å². The summed E-state index contributed by atoms with van der Waals surface area (Å²) in [6, 6.07) is 19.9. The molecule has 0 spiro atoms. The maximum absolute atomic E-state index is 14.2. The third-order valence-electron chi connectivity index (χ3n) is 12.8. The van der Waals surface area contributed by atoms with Crippen LogP contribution >= 0.6 is 12.6 Å². The fourth-order valence-electron chi connectivity index (χ4n) is 9.08. The van der Waals surface area contributed by atoms with Crippen molar-refractivity contribution in [3.63, 3.8) is 0 Å². The number of ketones is 1. The van der Waals surface area contributed by atoms with Gasteiger partial charge in [-0.25, -0.2) is 0 Å². The summed E-state index contributed by atoms with van der Waals surface area (Å²) in [5, 5.41) is 1.05. The number of rotatable bonds is 9. The third kappa shape index (κ3) is 14.2. The smallest absolute Gasteiger partial charge is 0.404 e. The zero-order valence-corrected chi connectivity index (χ0v) is 42.0. The zero-order chi connectivity index (χ0) is 62.6. The third-order valence-corrected chi connectivity index (χ3v) is 13.2. The minimum absolute atomic E-state index is 0.0287. The van der Waals surface area contributed by atoms with Crippen LogP contribution in [0.5, 0.6) is 11.6 Å². The maximum atomic E-state index is 14.2. The van der Waals surface area contributed by atoms with Gasteiger partial charge in [0.1, 0.15) is 11.9 Å². The Labute approximate surface area is 462 Å². The molecule has 0 saturated carbocycles. The van der Waals surface area contributed by atoms with E-state index < -0.39 is 195 Å². The molecule has 29 heteroatoms. The van der Waals surface area contributed by atoms with E-state index >= 15 is 0 Å². The van der Waals surface area contributed by atoms with Crippen molar-refractivity contribution in [3.8, 4) is 11.6 Å². The van der Waals surface area contributed by atoms with Gasteiger partial charge in [0.05, 0.1) is 50.6 Å². The number of carbonyl (C=O) groups excluding carboxylic acids is 1. The van der Waals surface area contributed by atoms with E-state index in [1.54, 1.807) is 0 Å². The maximum Gasteiger partial charge on any atom is 0.416 e. The van der Waals surface area contributed by atoms with Gasteiger partial charge >= 0.3 is 55.3 Å². The molecule has 0 bridgehead atoms. The Morgan fingerprint density at radius 3 is 0.988 bits per heavy atom. The van der Waals surface area contributed by atoms with Crippen molar-refractivity contribution < 1.29 is 119 Å². The van der Waals surface area contributed by atoms with Gasteiger partial charge in [0.15, 0.2) is 0 Å². The largest absolute Gasteiger partial charge is 0.416 e. The molecule has 0 fully saturated rings. The zero-order valence-electron chi connectivity index (χ0n) is 41.2. The van der Waals surface area contributed by atoms with Gasteiger partial charge in [0.25, 0.3) is 0 Å².